The lowest BCUT2D eigenvalue weighted by Gasteiger charge is -2.33. The first-order valence-electron chi connectivity index (χ1n) is 11.8. The molecule has 0 aliphatic carbocycles. The first-order chi connectivity index (χ1) is 17.4. The number of imidazole rings is 1. The summed E-state index contributed by atoms with van der Waals surface area (Å²) >= 11 is 0. The third kappa shape index (κ3) is 4.45. The van der Waals surface area contributed by atoms with Crippen molar-refractivity contribution in [3.8, 4) is 11.8 Å². The van der Waals surface area contributed by atoms with Crippen LogP contribution in [0.15, 0.2) is 35.3 Å². The van der Waals surface area contributed by atoms with Crippen molar-refractivity contribution < 1.29 is 9.90 Å². The molecule has 1 fully saturated rings. The van der Waals surface area contributed by atoms with E-state index in [4.69, 9.17) is 10.1 Å². The molecule has 1 saturated heterocycles. The number of hydrogen-bond acceptors (Lipinski definition) is 7. The van der Waals surface area contributed by atoms with Crippen LogP contribution in [0.25, 0.3) is 21.9 Å². The molecular weight excluding hydrogens is 460 g/mol. The van der Waals surface area contributed by atoms with Crippen LogP contribution in [0, 0.1) is 18.8 Å². The van der Waals surface area contributed by atoms with E-state index < -0.39 is 6.09 Å². The van der Waals surface area contributed by atoms with Gasteiger partial charge in [-0.2, -0.15) is 5.10 Å². The van der Waals surface area contributed by atoms with Crippen LogP contribution in [0.5, 0.6) is 0 Å². The molecule has 36 heavy (non-hydrogen) atoms. The molecule has 1 aromatic carbocycles. The molecule has 0 saturated carbocycles. The predicted octanol–water partition coefficient (Wildman–Crippen LogP) is 2.15. The summed E-state index contributed by atoms with van der Waals surface area (Å²) in [4.78, 5) is 40.7. The number of anilines is 1. The molecule has 1 unspecified atom stereocenters. The fourth-order valence-electron chi connectivity index (χ4n) is 4.69. The Morgan fingerprint density at radius 3 is 2.86 bits per heavy atom. The minimum absolute atomic E-state index is 0.120. The van der Waals surface area contributed by atoms with Crippen LogP contribution in [0.1, 0.15) is 31.3 Å². The Balaban J connectivity index is 1.55. The number of aryl methyl sites for hydroxylation is 1. The standard InChI is InChI=1S/C25H26N8O3/c1-3-4-12-32-22-20(30-24(32)31-11-7-8-17(14-31)28-25(35)36)13-26-33(23(22)34)15-21-27-16(2)18-9-5-6-10-19(18)29-21/h5-6,9-10,13,17,28H,7-8,11-12,14-15H2,1-2H3,(H,35,36). The van der Waals surface area contributed by atoms with E-state index in [1.807, 2.05) is 36.1 Å². The van der Waals surface area contributed by atoms with Gasteiger partial charge in [0, 0.05) is 30.2 Å². The maximum absolute atomic E-state index is 13.6. The van der Waals surface area contributed by atoms with E-state index in [1.54, 1.807) is 17.7 Å². The lowest BCUT2D eigenvalue weighted by atomic mass is 10.1. The Kier molecular flexibility index (Phi) is 6.25. The molecule has 1 aliphatic heterocycles. The molecule has 0 radical (unpaired) electrons. The van der Waals surface area contributed by atoms with Crippen molar-refractivity contribution >= 4 is 34.0 Å². The van der Waals surface area contributed by atoms with Crippen LogP contribution in [0.2, 0.25) is 0 Å². The molecule has 11 heteroatoms. The highest BCUT2D eigenvalue weighted by atomic mass is 16.4. The second kappa shape index (κ2) is 9.65. The van der Waals surface area contributed by atoms with E-state index in [-0.39, 0.29) is 24.7 Å². The number of carboxylic acid groups (broad SMARTS) is 1. The summed E-state index contributed by atoms with van der Waals surface area (Å²) in [5, 5.41) is 17.0. The first kappa shape index (κ1) is 23.3. The van der Waals surface area contributed by atoms with E-state index >= 15 is 0 Å². The Morgan fingerprint density at radius 1 is 1.22 bits per heavy atom. The Morgan fingerprint density at radius 2 is 2.06 bits per heavy atom. The molecule has 1 amide bonds. The van der Waals surface area contributed by atoms with Crippen molar-refractivity contribution in [2.45, 2.75) is 45.8 Å². The van der Waals surface area contributed by atoms with Gasteiger partial charge >= 0.3 is 6.09 Å². The predicted molar refractivity (Wildman–Crippen MR) is 135 cm³/mol. The SMILES string of the molecule is CC#CCn1c(N2CCCC(NC(=O)O)C2)nc2cnn(Cc3nc(C)c4ccccc4n3)c(=O)c21. The quantitative estimate of drug-likeness (QED) is 0.410. The molecule has 4 aromatic rings. The molecule has 3 aromatic heterocycles. The summed E-state index contributed by atoms with van der Waals surface area (Å²) in [5.41, 5.74) is 2.21. The zero-order chi connectivity index (χ0) is 25.2. The summed E-state index contributed by atoms with van der Waals surface area (Å²) in [6.07, 6.45) is 2.07. The van der Waals surface area contributed by atoms with Crippen molar-refractivity contribution in [3.05, 3.63) is 52.3 Å². The number of piperidine rings is 1. The summed E-state index contributed by atoms with van der Waals surface area (Å²) in [7, 11) is 0. The zero-order valence-corrected chi connectivity index (χ0v) is 20.1. The molecule has 4 heterocycles. The largest absolute Gasteiger partial charge is 0.465 e. The van der Waals surface area contributed by atoms with Gasteiger partial charge < -0.3 is 15.3 Å². The molecular formula is C25H26N8O3. The van der Waals surface area contributed by atoms with Crippen LogP contribution >= 0.6 is 0 Å². The second-order valence-electron chi connectivity index (χ2n) is 8.74. The smallest absolute Gasteiger partial charge is 0.404 e. The average molecular weight is 487 g/mol. The highest BCUT2D eigenvalue weighted by Gasteiger charge is 2.26. The minimum Gasteiger partial charge on any atom is -0.465 e. The second-order valence-corrected chi connectivity index (χ2v) is 8.74. The van der Waals surface area contributed by atoms with E-state index in [0.717, 1.165) is 29.4 Å². The van der Waals surface area contributed by atoms with Gasteiger partial charge in [0.1, 0.15) is 17.6 Å². The molecule has 1 aliphatic rings. The number of rotatable bonds is 5. The zero-order valence-electron chi connectivity index (χ0n) is 20.1. The number of fused-ring (bicyclic) bond motifs is 2. The molecule has 11 nitrogen and oxygen atoms in total. The normalized spacial score (nSPS) is 15.6. The first-order valence-corrected chi connectivity index (χ1v) is 11.8. The van der Waals surface area contributed by atoms with Gasteiger partial charge in [-0.25, -0.2) is 24.4 Å². The third-order valence-electron chi connectivity index (χ3n) is 6.31. The van der Waals surface area contributed by atoms with Crippen LogP contribution in [0.4, 0.5) is 10.7 Å². The van der Waals surface area contributed by atoms with Crippen molar-refractivity contribution in [2.24, 2.45) is 0 Å². The number of aromatic nitrogens is 6. The van der Waals surface area contributed by atoms with Gasteiger partial charge in [0.15, 0.2) is 5.82 Å². The summed E-state index contributed by atoms with van der Waals surface area (Å²) in [5.74, 6) is 7.00. The lowest BCUT2D eigenvalue weighted by molar-refractivity contribution is 0.188. The van der Waals surface area contributed by atoms with Gasteiger partial charge in [-0.15, -0.1) is 5.92 Å². The third-order valence-corrected chi connectivity index (χ3v) is 6.31. The average Bonchev–Trinajstić information content (AvgIpc) is 3.23. The molecule has 1 atom stereocenters. The van der Waals surface area contributed by atoms with Crippen molar-refractivity contribution in [3.63, 3.8) is 0 Å². The number of carbonyl (C=O) groups is 1. The van der Waals surface area contributed by atoms with Crippen LogP contribution in [0.3, 0.4) is 0 Å². The number of nitrogens with one attached hydrogen (secondary N) is 1. The van der Waals surface area contributed by atoms with Crippen LogP contribution < -0.4 is 15.8 Å². The topological polar surface area (TPSA) is 131 Å². The Bertz CT molecular complexity index is 1580. The van der Waals surface area contributed by atoms with Crippen molar-refractivity contribution in [1.29, 1.82) is 0 Å². The lowest BCUT2D eigenvalue weighted by Crippen LogP contribution is -2.48. The van der Waals surface area contributed by atoms with Crippen LogP contribution in [-0.2, 0) is 13.1 Å². The molecule has 0 spiro atoms. The number of para-hydroxylation sites is 1. The van der Waals surface area contributed by atoms with E-state index in [2.05, 4.69) is 32.2 Å². The molecule has 5 rings (SSSR count). The van der Waals surface area contributed by atoms with Gasteiger partial charge in [0.05, 0.1) is 18.3 Å². The van der Waals surface area contributed by atoms with E-state index in [1.165, 1.54) is 4.68 Å². The fourth-order valence-corrected chi connectivity index (χ4v) is 4.69. The molecule has 0 bridgehead atoms. The maximum Gasteiger partial charge on any atom is 0.404 e. The van der Waals surface area contributed by atoms with Gasteiger partial charge in [-0.1, -0.05) is 24.1 Å². The van der Waals surface area contributed by atoms with Gasteiger partial charge in [0.2, 0.25) is 5.95 Å². The maximum atomic E-state index is 13.6. The summed E-state index contributed by atoms with van der Waals surface area (Å²) in [6, 6.07) is 7.53. The number of amides is 1. The van der Waals surface area contributed by atoms with Gasteiger partial charge in [0.25, 0.3) is 5.56 Å². The monoisotopic (exact) mass is 486 g/mol. The highest BCUT2D eigenvalue weighted by molar-refractivity contribution is 5.80. The Hall–Kier alpha value is -4.46. The summed E-state index contributed by atoms with van der Waals surface area (Å²) in [6.45, 7) is 5.22. The fraction of sp³-hybridized carbons (Fsp3) is 0.360. The summed E-state index contributed by atoms with van der Waals surface area (Å²) < 4.78 is 3.14. The highest BCUT2D eigenvalue weighted by Crippen LogP contribution is 2.23. The van der Waals surface area contributed by atoms with Crippen LogP contribution in [-0.4, -0.2) is 59.6 Å². The van der Waals surface area contributed by atoms with Gasteiger partial charge in [-0.3, -0.25) is 9.36 Å². The Labute approximate surface area is 206 Å². The van der Waals surface area contributed by atoms with Crippen molar-refractivity contribution in [2.75, 3.05) is 18.0 Å². The van der Waals surface area contributed by atoms with Gasteiger partial charge in [-0.05, 0) is 32.8 Å². The molecule has 184 valence electrons. The molecule has 2 N–H and O–H groups in total. The number of benzene rings is 1. The van der Waals surface area contributed by atoms with Crippen molar-refractivity contribution in [1.82, 2.24) is 34.6 Å². The van der Waals surface area contributed by atoms with E-state index in [9.17, 15) is 9.59 Å². The number of hydrogen-bond donors (Lipinski definition) is 2. The number of nitrogens with zero attached hydrogens (tertiary/aromatic N) is 7. The van der Waals surface area contributed by atoms with E-state index in [0.29, 0.717) is 35.9 Å². The minimum atomic E-state index is -1.05.